The molecule has 0 amide bonds. The van der Waals surface area contributed by atoms with Gasteiger partial charge < -0.3 is 15.0 Å². The molecular weight excluding hydrogens is 262 g/mol. The van der Waals surface area contributed by atoms with E-state index in [0.29, 0.717) is 18.2 Å². The first-order chi connectivity index (χ1) is 10.2. The third kappa shape index (κ3) is 3.57. The van der Waals surface area contributed by atoms with Gasteiger partial charge in [-0.2, -0.15) is 0 Å². The Bertz CT molecular complexity index is 458. The summed E-state index contributed by atoms with van der Waals surface area (Å²) in [5, 5.41) is 3.50. The molecule has 2 atom stereocenters. The van der Waals surface area contributed by atoms with Crippen LogP contribution in [0.4, 0.5) is 0 Å². The standard InChI is InChI=1S/C17H27N3O/c1-18-17(16-12-19(2)10-11-20(16)3)13-4-6-14(7-5-13)21-15-8-9-15/h4-7,15-18H,8-12H2,1-3H3. The fourth-order valence-electron chi connectivity index (χ4n) is 3.12. The zero-order valence-corrected chi connectivity index (χ0v) is 13.4. The number of nitrogens with one attached hydrogen (secondary N) is 1. The van der Waals surface area contributed by atoms with Crippen molar-refractivity contribution in [3.05, 3.63) is 29.8 Å². The molecule has 21 heavy (non-hydrogen) atoms. The fraction of sp³-hybridized carbons (Fsp3) is 0.647. The highest BCUT2D eigenvalue weighted by Crippen LogP contribution is 2.29. The van der Waals surface area contributed by atoms with Gasteiger partial charge in [0.05, 0.1) is 6.10 Å². The molecule has 1 saturated heterocycles. The Kier molecular flexibility index (Phi) is 4.48. The van der Waals surface area contributed by atoms with Crippen LogP contribution in [0.25, 0.3) is 0 Å². The van der Waals surface area contributed by atoms with E-state index in [1.165, 1.54) is 18.4 Å². The van der Waals surface area contributed by atoms with Crippen molar-refractivity contribution < 1.29 is 4.74 Å². The van der Waals surface area contributed by atoms with Gasteiger partial charge >= 0.3 is 0 Å². The SMILES string of the molecule is CNC(c1ccc(OC2CC2)cc1)C1CN(C)CCN1C. The zero-order chi connectivity index (χ0) is 14.8. The van der Waals surface area contributed by atoms with Crippen molar-refractivity contribution in [3.8, 4) is 5.75 Å². The molecule has 0 aromatic heterocycles. The minimum atomic E-state index is 0.354. The van der Waals surface area contributed by atoms with Gasteiger partial charge in [0.25, 0.3) is 0 Å². The molecule has 1 aromatic rings. The van der Waals surface area contributed by atoms with Gasteiger partial charge in [0.1, 0.15) is 5.75 Å². The van der Waals surface area contributed by atoms with Crippen LogP contribution in [0, 0.1) is 0 Å². The van der Waals surface area contributed by atoms with Gasteiger partial charge in [0, 0.05) is 31.7 Å². The largest absolute Gasteiger partial charge is 0.490 e. The third-order valence-electron chi connectivity index (χ3n) is 4.66. The van der Waals surface area contributed by atoms with Crippen LogP contribution in [0.15, 0.2) is 24.3 Å². The fourth-order valence-corrected chi connectivity index (χ4v) is 3.12. The minimum absolute atomic E-state index is 0.354. The van der Waals surface area contributed by atoms with E-state index in [0.717, 1.165) is 25.4 Å². The second kappa shape index (κ2) is 6.34. The number of hydrogen-bond acceptors (Lipinski definition) is 4. The van der Waals surface area contributed by atoms with E-state index in [1.54, 1.807) is 0 Å². The summed E-state index contributed by atoms with van der Waals surface area (Å²) in [6.07, 6.45) is 2.88. The second-order valence-electron chi connectivity index (χ2n) is 6.46. The molecule has 1 aliphatic heterocycles. The minimum Gasteiger partial charge on any atom is -0.490 e. The summed E-state index contributed by atoms with van der Waals surface area (Å²) < 4.78 is 5.84. The lowest BCUT2D eigenvalue weighted by atomic mass is 9.96. The average molecular weight is 289 g/mol. The number of likely N-dealkylation sites (N-methyl/N-ethyl adjacent to an activating group) is 3. The van der Waals surface area contributed by atoms with Crippen molar-refractivity contribution in [1.82, 2.24) is 15.1 Å². The molecule has 116 valence electrons. The van der Waals surface area contributed by atoms with Crippen molar-refractivity contribution in [2.45, 2.75) is 31.0 Å². The van der Waals surface area contributed by atoms with E-state index in [2.05, 4.69) is 60.5 Å². The van der Waals surface area contributed by atoms with Gasteiger partial charge in [0.15, 0.2) is 0 Å². The molecule has 0 radical (unpaired) electrons. The smallest absolute Gasteiger partial charge is 0.119 e. The van der Waals surface area contributed by atoms with Crippen molar-refractivity contribution in [1.29, 1.82) is 0 Å². The summed E-state index contributed by atoms with van der Waals surface area (Å²) >= 11 is 0. The maximum Gasteiger partial charge on any atom is 0.119 e. The lowest BCUT2D eigenvalue weighted by molar-refractivity contribution is 0.0897. The molecule has 2 fully saturated rings. The quantitative estimate of drug-likeness (QED) is 0.893. The van der Waals surface area contributed by atoms with Gasteiger partial charge in [0.2, 0.25) is 0 Å². The number of benzene rings is 1. The van der Waals surface area contributed by atoms with E-state index in [9.17, 15) is 0 Å². The molecule has 2 unspecified atom stereocenters. The Hall–Kier alpha value is -1.10. The molecule has 1 aliphatic carbocycles. The first-order valence-electron chi connectivity index (χ1n) is 8.00. The van der Waals surface area contributed by atoms with Crippen molar-refractivity contribution in [2.75, 3.05) is 40.8 Å². The Morgan fingerprint density at radius 2 is 1.86 bits per heavy atom. The number of nitrogens with zero attached hydrogens (tertiary/aromatic N) is 2. The van der Waals surface area contributed by atoms with Crippen LogP contribution in [0.3, 0.4) is 0 Å². The van der Waals surface area contributed by atoms with Crippen molar-refractivity contribution in [3.63, 3.8) is 0 Å². The van der Waals surface area contributed by atoms with E-state index in [4.69, 9.17) is 4.74 Å². The predicted molar refractivity (Wildman–Crippen MR) is 85.8 cm³/mol. The number of rotatable bonds is 5. The van der Waals surface area contributed by atoms with Crippen LogP contribution >= 0.6 is 0 Å². The van der Waals surface area contributed by atoms with Gasteiger partial charge in [-0.15, -0.1) is 0 Å². The summed E-state index contributed by atoms with van der Waals surface area (Å²) in [5.74, 6) is 1.00. The predicted octanol–water partition coefficient (Wildman–Crippen LogP) is 1.73. The normalized spacial score (nSPS) is 25.8. The average Bonchev–Trinajstić information content (AvgIpc) is 3.29. The molecule has 2 aliphatic rings. The van der Waals surface area contributed by atoms with Gasteiger partial charge in [-0.05, 0) is 51.7 Å². The molecular formula is C17H27N3O. The van der Waals surface area contributed by atoms with E-state index in [1.807, 2.05) is 0 Å². The Morgan fingerprint density at radius 3 is 2.48 bits per heavy atom. The maximum absolute atomic E-state index is 5.84. The zero-order valence-electron chi connectivity index (χ0n) is 13.4. The first kappa shape index (κ1) is 14.8. The highest BCUT2D eigenvalue weighted by molar-refractivity contribution is 5.30. The van der Waals surface area contributed by atoms with E-state index >= 15 is 0 Å². The number of piperazine rings is 1. The molecule has 0 spiro atoms. The maximum atomic E-state index is 5.84. The van der Waals surface area contributed by atoms with Gasteiger partial charge in [-0.3, -0.25) is 4.90 Å². The molecule has 1 aromatic carbocycles. The molecule has 3 rings (SSSR count). The van der Waals surface area contributed by atoms with E-state index < -0.39 is 0 Å². The highest BCUT2D eigenvalue weighted by Gasteiger charge is 2.30. The molecule has 1 N–H and O–H groups in total. The van der Waals surface area contributed by atoms with Crippen LogP contribution in [0.2, 0.25) is 0 Å². The molecule has 0 bridgehead atoms. The monoisotopic (exact) mass is 289 g/mol. The third-order valence-corrected chi connectivity index (χ3v) is 4.66. The van der Waals surface area contributed by atoms with E-state index in [-0.39, 0.29) is 0 Å². The number of hydrogen-bond donors (Lipinski definition) is 1. The van der Waals surface area contributed by atoms with Crippen LogP contribution in [0.1, 0.15) is 24.4 Å². The molecule has 4 heteroatoms. The number of ether oxygens (including phenoxy) is 1. The summed E-state index contributed by atoms with van der Waals surface area (Å²) in [7, 11) is 6.49. The van der Waals surface area contributed by atoms with Gasteiger partial charge in [-0.25, -0.2) is 0 Å². The Balaban J connectivity index is 1.71. The van der Waals surface area contributed by atoms with Crippen LogP contribution in [-0.2, 0) is 0 Å². The summed E-state index contributed by atoms with van der Waals surface area (Å²) in [4.78, 5) is 4.88. The van der Waals surface area contributed by atoms with Gasteiger partial charge in [-0.1, -0.05) is 12.1 Å². The molecule has 1 saturated carbocycles. The second-order valence-corrected chi connectivity index (χ2v) is 6.46. The molecule has 1 heterocycles. The summed E-state index contributed by atoms with van der Waals surface area (Å²) in [6.45, 7) is 3.38. The van der Waals surface area contributed by atoms with Crippen LogP contribution in [0.5, 0.6) is 5.75 Å². The lowest BCUT2D eigenvalue weighted by Gasteiger charge is -2.42. The summed E-state index contributed by atoms with van der Waals surface area (Å²) in [5.41, 5.74) is 1.34. The summed E-state index contributed by atoms with van der Waals surface area (Å²) in [6, 6.07) is 9.51. The topological polar surface area (TPSA) is 27.7 Å². The Labute approximate surface area is 128 Å². The lowest BCUT2D eigenvalue weighted by Crippen LogP contribution is -2.54. The van der Waals surface area contributed by atoms with Crippen LogP contribution < -0.4 is 10.1 Å². The Morgan fingerprint density at radius 1 is 1.14 bits per heavy atom. The van der Waals surface area contributed by atoms with Crippen LogP contribution in [-0.4, -0.2) is 62.7 Å². The highest BCUT2D eigenvalue weighted by atomic mass is 16.5. The van der Waals surface area contributed by atoms with Crippen molar-refractivity contribution in [2.24, 2.45) is 0 Å². The van der Waals surface area contributed by atoms with Crippen molar-refractivity contribution >= 4 is 0 Å². The molecule has 4 nitrogen and oxygen atoms in total. The first-order valence-corrected chi connectivity index (χ1v) is 8.00.